The molecule has 3 heterocycles. The quantitative estimate of drug-likeness (QED) is 0.767. The maximum atomic E-state index is 13.8. The molecule has 100 valence electrons. The lowest BCUT2D eigenvalue weighted by atomic mass is 10.1. The minimum atomic E-state index is -0.410. The van der Waals surface area contributed by atoms with Crippen LogP contribution < -0.4 is 5.32 Å². The zero-order chi connectivity index (χ0) is 13.9. The molecule has 0 aromatic carbocycles. The Kier molecular flexibility index (Phi) is 3.12. The molecule has 3 aromatic rings. The van der Waals surface area contributed by atoms with Crippen LogP contribution in [0.1, 0.15) is 5.69 Å². The summed E-state index contributed by atoms with van der Waals surface area (Å²) in [5.41, 5.74) is 1.89. The van der Waals surface area contributed by atoms with Crippen molar-refractivity contribution < 1.29 is 4.39 Å². The number of hydrogen-bond acceptors (Lipinski definition) is 4. The molecule has 3 rings (SSSR count). The van der Waals surface area contributed by atoms with Crippen LogP contribution >= 0.6 is 0 Å². The molecule has 0 atom stereocenters. The maximum absolute atomic E-state index is 13.8. The number of rotatable bonds is 3. The van der Waals surface area contributed by atoms with Crippen LogP contribution in [0.5, 0.6) is 0 Å². The van der Waals surface area contributed by atoms with Crippen molar-refractivity contribution in [1.29, 1.82) is 0 Å². The number of pyridine rings is 2. The summed E-state index contributed by atoms with van der Waals surface area (Å²) < 4.78 is 13.8. The standard InChI is InChI=1S/C14H12FN5/c1-9-6-14(20-19-9)18-13-7-10(11(15)8-17-13)12-4-2-3-5-16-12/h2-8H,1H3,(H2,17,18,19,20). The average Bonchev–Trinajstić information content (AvgIpc) is 2.87. The number of aryl methyl sites for hydroxylation is 1. The first kappa shape index (κ1) is 12.3. The number of nitrogens with zero attached hydrogens (tertiary/aromatic N) is 3. The van der Waals surface area contributed by atoms with Crippen molar-refractivity contribution in [2.24, 2.45) is 0 Å². The summed E-state index contributed by atoms with van der Waals surface area (Å²) in [6.07, 6.45) is 2.80. The van der Waals surface area contributed by atoms with E-state index in [1.165, 1.54) is 6.20 Å². The van der Waals surface area contributed by atoms with E-state index in [-0.39, 0.29) is 0 Å². The van der Waals surface area contributed by atoms with Crippen LogP contribution in [-0.4, -0.2) is 20.2 Å². The van der Waals surface area contributed by atoms with E-state index in [0.29, 0.717) is 22.9 Å². The van der Waals surface area contributed by atoms with E-state index in [9.17, 15) is 4.39 Å². The Labute approximate surface area is 114 Å². The monoisotopic (exact) mass is 269 g/mol. The molecule has 6 heteroatoms. The van der Waals surface area contributed by atoms with Crippen LogP contribution in [0.15, 0.2) is 42.7 Å². The minimum absolute atomic E-state index is 0.398. The van der Waals surface area contributed by atoms with Crippen molar-refractivity contribution in [2.45, 2.75) is 6.92 Å². The zero-order valence-corrected chi connectivity index (χ0v) is 10.8. The number of anilines is 2. The van der Waals surface area contributed by atoms with Crippen molar-refractivity contribution in [2.75, 3.05) is 5.32 Å². The molecule has 0 amide bonds. The molecular formula is C14H12FN5. The molecule has 0 aliphatic heterocycles. The largest absolute Gasteiger partial charge is 0.323 e. The minimum Gasteiger partial charge on any atom is -0.323 e. The van der Waals surface area contributed by atoms with Gasteiger partial charge in [0.2, 0.25) is 0 Å². The van der Waals surface area contributed by atoms with Crippen molar-refractivity contribution in [3.8, 4) is 11.3 Å². The van der Waals surface area contributed by atoms with Crippen molar-refractivity contribution in [3.05, 3.63) is 54.2 Å². The fraction of sp³-hybridized carbons (Fsp3) is 0.0714. The van der Waals surface area contributed by atoms with E-state index < -0.39 is 5.82 Å². The zero-order valence-electron chi connectivity index (χ0n) is 10.8. The third kappa shape index (κ3) is 2.49. The molecule has 5 nitrogen and oxygen atoms in total. The Hall–Kier alpha value is -2.76. The van der Waals surface area contributed by atoms with E-state index in [1.807, 2.05) is 19.1 Å². The summed E-state index contributed by atoms with van der Waals surface area (Å²) in [4.78, 5) is 8.15. The fourth-order valence-electron chi connectivity index (χ4n) is 1.84. The summed E-state index contributed by atoms with van der Waals surface area (Å²) in [7, 11) is 0. The topological polar surface area (TPSA) is 66.5 Å². The van der Waals surface area contributed by atoms with Crippen molar-refractivity contribution in [3.63, 3.8) is 0 Å². The molecule has 20 heavy (non-hydrogen) atoms. The van der Waals surface area contributed by atoms with Gasteiger partial charge in [-0.15, -0.1) is 0 Å². The van der Waals surface area contributed by atoms with Gasteiger partial charge >= 0.3 is 0 Å². The highest BCUT2D eigenvalue weighted by Gasteiger charge is 2.09. The SMILES string of the molecule is Cc1cc(Nc2cc(-c3ccccn3)c(F)cn2)n[nH]1. The van der Waals surface area contributed by atoms with Gasteiger partial charge in [-0.25, -0.2) is 9.37 Å². The molecular weight excluding hydrogens is 257 g/mol. The van der Waals surface area contributed by atoms with Gasteiger partial charge in [-0.3, -0.25) is 10.1 Å². The number of nitrogens with one attached hydrogen (secondary N) is 2. The summed E-state index contributed by atoms with van der Waals surface area (Å²) >= 11 is 0. The highest BCUT2D eigenvalue weighted by atomic mass is 19.1. The Bertz CT molecular complexity index is 723. The Morgan fingerprint density at radius 2 is 2.05 bits per heavy atom. The lowest BCUT2D eigenvalue weighted by Crippen LogP contribution is -1.97. The third-order valence-electron chi connectivity index (χ3n) is 2.76. The van der Waals surface area contributed by atoms with E-state index in [2.05, 4.69) is 25.5 Å². The molecule has 0 spiro atoms. The van der Waals surface area contributed by atoms with Crippen molar-refractivity contribution in [1.82, 2.24) is 20.2 Å². The lowest BCUT2D eigenvalue weighted by molar-refractivity contribution is 0.625. The predicted octanol–water partition coefficient (Wildman–Crippen LogP) is 3.06. The molecule has 3 aromatic heterocycles. The first-order valence-electron chi connectivity index (χ1n) is 6.08. The van der Waals surface area contributed by atoms with Gasteiger partial charge in [-0.05, 0) is 25.1 Å². The molecule has 0 saturated carbocycles. The molecule has 0 radical (unpaired) electrons. The molecule has 0 bridgehead atoms. The van der Waals surface area contributed by atoms with Gasteiger partial charge in [-0.2, -0.15) is 5.10 Å². The summed E-state index contributed by atoms with van der Waals surface area (Å²) in [5.74, 6) is 0.736. The number of H-pyrrole nitrogens is 1. The maximum Gasteiger partial charge on any atom is 0.153 e. The van der Waals surface area contributed by atoms with E-state index >= 15 is 0 Å². The Morgan fingerprint density at radius 3 is 2.75 bits per heavy atom. The first-order chi connectivity index (χ1) is 9.72. The molecule has 0 aliphatic carbocycles. The van der Waals surface area contributed by atoms with Crippen LogP contribution in [0.3, 0.4) is 0 Å². The summed E-state index contributed by atoms with van der Waals surface area (Å²) in [6, 6.07) is 8.80. The number of aromatic nitrogens is 4. The summed E-state index contributed by atoms with van der Waals surface area (Å²) in [5, 5.41) is 9.88. The van der Waals surface area contributed by atoms with Crippen LogP contribution in [0, 0.1) is 12.7 Å². The smallest absolute Gasteiger partial charge is 0.153 e. The van der Waals surface area contributed by atoms with E-state index in [4.69, 9.17) is 0 Å². The molecule has 0 aliphatic rings. The molecule has 2 N–H and O–H groups in total. The van der Waals surface area contributed by atoms with E-state index in [0.717, 1.165) is 5.69 Å². The lowest BCUT2D eigenvalue weighted by Gasteiger charge is -2.06. The fourth-order valence-corrected chi connectivity index (χ4v) is 1.84. The number of halogens is 1. The number of aromatic amines is 1. The van der Waals surface area contributed by atoms with Crippen LogP contribution in [0.2, 0.25) is 0 Å². The second-order valence-corrected chi connectivity index (χ2v) is 4.33. The van der Waals surface area contributed by atoms with Crippen LogP contribution in [0.25, 0.3) is 11.3 Å². The van der Waals surface area contributed by atoms with Gasteiger partial charge in [0.05, 0.1) is 11.9 Å². The highest BCUT2D eigenvalue weighted by Crippen LogP contribution is 2.23. The second-order valence-electron chi connectivity index (χ2n) is 4.33. The van der Waals surface area contributed by atoms with Gasteiger partial charge in [0.1, 0.15) is 5.82 Å². The van der Waals surface area contributed by atoms with Gasteiger partial charge in [0.25, 0.3) is 0 Å². The summed E-state index contributed by atoms with van der Waals surface area (Å²) in [6.45, 7) is 1.90. The number of hydrogen-bond donors (Lipinski definition) is 2. The average molecular weight is 269 g/mol. The first-order valence-corrected chi connectivity index (χ1v) is 6.08. The predicted molar refractivity (Wildman–Crippen MR) is 74.0 cm³/mol. The molecule has 0 fully saturated rings. The molecule has 0 saturated heterocycles. The van der Waals surface area contributed by atoms with Crippen LogP contribution in [0.4, 0.5) is 16.0 Å². The third-order valence-corrected chi connectivity index (χ3v) is 2.76. The normalized spacial score (nSPS) is 10.5. The van der Waals surface area contributed by atoms with Gasteiger partial charge in [-0.1, -0.05) is 6.07 Å². The highest BCUT2D eigenvalue weighted by molar-refractivity contribution is 5.65. The van der Waals surface area contributed by atoms with Crippen LogP contribution in [-0.2, 0) is 0 Å². The molecule has 0 unspecified atom stereocenters. The van der Waals surface area contributed by atoms with Gasteiger partial charge in [0, 0.05) is 23.5 Å². The second kappa shape index (κ2) is 5.08. The Balaban J connectivity index is 1.94. The van der Waals surface area contributed by atoms with Gasteiger partial charge in [0.15, 0.2) is 11.6 Å². The Morgan fingerprint density at radius 1 is 1.15 bits per heavy atom. The van der Waals surface area contributed by atoms with Crippen molar-refractivity contribution >= 4 is 11.6 Å². The van der Waals surface area contributed by atoms with Gasteiger partial charge < -0.3 is 5.32 Å². The van der Waals surface area contributed by atoms with E-state index in [1.54, 1.807) is 24.4 Å².